The number of fused-ring (bicyclic) bond motifs is 1. The maximum absolute atomic E-state index is 13.7. The first kappa shape index (κ1) is 30.4. The molecule has 0 radical (unpaired) electrons. The smallest absolute Gasteiger partial charge is 0.379 e. The second-order valence-electron chi connectivity index (χ2n) is 10.7. The first-order valence-electron chi connectivity index (χ1n) is 14.6. The molecule has 5 nitrogen and oxygen atoms in total. The summed E-state index contributed by atoms with van der Waals surface area (Å²) in [5, 5.41) is 0. The Morgan fingerprint density at radius 1 is 0.923 bits per heavy atom. The number of alkyl halides is 3. The molecule has 2 saturated heterocycles. The molecule has 0 atom stereocenters. The molecule has 4 aliphatic rings. The molecule has 0 spiro atoms. The van der Waals surface area contributed by atoms with Gasteiger partial charge >= 0.3 is 6.18 Å². The van der Waals surface area contributed by atoms with Crippen LogP contribution in [-0.4, -0.2) is 104 Å². The number of morpholine rings is 1. The van der Waals surface area contributed by atoms with Crippen LogP contribution < -0.4 is 0 Å². The molecule has 0 N–H and O–H groups in total. The van der Waals surface area contributed by atoms with Crippen LogP contribution in [0.25, 0.3) is 0 Å². The van der Waals surface area contributed by atoms with Crippen LogP contribution in [0.15, 0.2) is 57.7 Å². The number of allylic oxidation sites excluding steroid dienone is 5. The summed E-state index contributed by atoms with van der Waals surface area (Å²) in [6.45, 7) is 17.6. The van der Waals surface area contributed by atoms with Crippen molar-refractivity contribution >= 4 is 11.8 Å². The third-order valence-corrected chi connectivity index (χ3v) is 9.16. The predicted octanol–water partition coefficient (Wildman–Crippen LogP) is 6.01. The van der Waals surface area contributed by atoms with Crippen molar-refractivity contribution in [2.24, 2.45) is 0 Å². The molecule has 0 saturated carbocycles. The number of ether oxygens (including phenoxy) is 1. The van der Waals surface area contributed by atoms with E-state index in [-0.39, 0.29) is 6.42 Å². The van der Waals surface area contributed by atoms with Gasteiger partial charge in [0, 0.05) is 48.1 Å². The van der Waals surface area contributed by atoms with Gasteiger partial charge in [-0.1, -0.05) is 43.5 Å². The highest BCUT2D eigenvalue weighted by atomic mass is 32.2. The van der Waals surface area contributed by atoms with Crippen molar-refractivity contribution in [1.29, 1.82) is 0 Å². The molecule has 3 aliphatic heterocycles. The summed E-state index contributed by atoms with van der Waals surface area (Å²) >= 11 is 1.55. The van der Waals surface area contributed by atoms with Crippen LogP contribution in [-0.2, 0) is 4.74 Å². The van der Waals surface area contributed by atoms with E-state index in [1.54, 1.807) is 24.8 Å². The van der Waals surface area contributed by atoms with E-state index in [2.05, 4.69) is 38.3 Å². The van der Waals surface area contributed by atoms with Crippen molar-refractivity contribution in [2.75, 3.05) is 78.7 Å². The summed E-state index contributed by atoms with van der Waals surface area (Å²) in [4.78, 5) is 11.7. The Morgan fingerprint density at radius 2 is 1.54 bits per heavy atom. The molecule has 0 aromatic rings. The van der Waals surface area contributed by atoms with E-state index >= 15 is 0 Å². The van der Waals surface area contributed by atoms with Crippen LogP contribution in [0.5, 0.6) is 0 Å². The van der Waals surface area contributed by atoms with Crippen LogP contribution in [0.2, 0.25) is 0 Å². The number of halogens is 3. The lowest BCUT2D eigenvalue weighted by atomic mass is 10.1. The van der Waals surface area contributed by atoms with Crippen LogP contribution in [0, 0.1) is 0 Å². The first-order valence-corrected chi connectivity index (χ1v) is 15.5. The highest BCUT2D eigenvalue weighted by Gasteiger charge is 2.34. The van der Waals surface area contributed by atoms with E-state index in [1.807, 2.05) is 0 Å². The van der Waals surface area contributed by atoms with Gasteiger partial charge in [0.2, 0.25) is 0 Å². The van der Waals surface area contributed by atoms with Crippen molar-refractivity contribution in [1.82, 2.24) is 19.6 Å². The largest absolute Gasteiger partial charge is 0.412 e. The Labute approximate surface area is 237 Å². The quantitative estimate of drug-likeness (QED) is 0.303. The fourth-order valence-corrected chi connectivity index (χ4v) is 6.86. The molecule has 0 amide bonds. The van der Waals surface area contributed by atoms with E-state index in [1.165, 1.54) is 12.5 Å². The molecule has 218 valence electrons. The average molecular weight is 567 g/mol. The fraction of sp³-hybridized carbons (Fsp3) is 0.667. The fourth-order valence-electron chi connectivity index (χ4n) is 5.76. The first-order chi connectivity index (χ1) is 18.9. The monoisotopic (exact) mass is 566 g/mol. The third kappa shape index (κ3) is 8.73. The molecule has 3 heterocycles. The van der Waals surface area contributed by atoms with Gasteiger partial charge < -0.3 is 19.4 Å². The van der Waals surface area contributed by atoms with E-state index in [0.29, 0.717) is 12.2 Å². The minimum absolute atomic E-state index is 0.0472. The molecule has 2 fully saturated rings. The zero-order valence-corrected chi connectivity index (χ0v) is 24.3. The second kappa shape index (κ2) is 14.9. The number of nitrogens with zero attached hydrogens (tertiary/aromatic N) is 4. The van der Waals surface area contributed by atoms with Crippen molar-refractivity contribution in [3.8, 4) is 0 Å². The van der Waals surface area contributed by atoms with Gasteiger partial charge in [0.25, 0.3) is 0 Å². The van der Waals surface area contributed by atoms with Crippen LogP contribution in [0.4, 0.5) is 13.2 Å². The van der Waals surface area contributed by atoms with Gasteiger partial charge in [-0.15, -0.1) is 0 Å². The van der Waals surface area contributed by atoms with Crippen LogP contribution >= 0.6 is 11.8 Å². The minimum Gasteiger partial charge on any atom is -0.379 e. The van der Waals surface area contributed by atoms with Crippen molar-refractivity contribution in [3.63, 3.8) is 0 Å². The minimum atomic E-state index is -4.33. The standard InChI is InChI=1S/C30H45F3N4OS/c1-3-25(30(31,32)33)24-27-28(4-2)39-29-11-6-5-10-26(29)37(27)17-9-16-35-13-7-12-34(18-19-35)14-8-15-36-20-22-38-23-21-36/h4,10-11,24H,2-3,5-9,12-23H2,1H3/b25-24+. The maximum atomic E-state index is 13.7. The Balaban J connectivity index is 1.34. The van der Waals surface area contributed by atoms with Gasteiger partial charge in [0.15, 0.2) is 0 Å². The number of thioether (sulfide) groups is 1. The van der Waals surface area contributed by atoms with E-state index in [0.717, 1.165) is 113 Å². The number of rotatable bonds is 11. The molecule has 0 aromatic carbocycles. The molecule has 0 bridgehead atoms. The Kier molecular flexibility index (Phi) is 11.6. The molecular formula is C30H45F3N4OS. The SMILES string of the molecule is C=CC1=C(/C=C(\CC)C(F)(F)F)N(CCCN2CCCN(CCCN3CCOCC3)CC2)C2=CCCC=C2S1. The van der Waals surface area contributed by atoms with Crippen molar-refractivity contribution in [3.05, 3.63) is 57.7 Å². The van der Waals surface area contributed by atoms with Crippen LogP contribution in [0.1, 0.15) is 45.4 Å². The molecule has 39 heavy (non-hydrogen) atoms. The zero-order chi connectivity index (χ0) is 27.7. The van der Waals surface area contributed by atoms with Crippen molar-refractivity contribution in [2.45, 2.75) is 51.6 Å². The highest BCUT2D eigenvalue weighted by Crippen LogP contribution is 2.46. The average Bonchev–Trinajstić information content (AvgIpc) is 3.17. The summed E-state index contributed by atoms with van der Waals surface area (Å²) in [5.41, 5.74) is 1.20. The molecule has 1 aliphatic carbocycles. The lowest BCUT2D eigenvalue weighted by molar-refractivity contribution is -0.0936. The van der Waals surface area contributed by atoms with Gasteiger partial charge in [0.1, 0.15) is 0 Å². The Hall–Kier alpha value is -1.52. The van der Waals surface area contributed by atoms with E-state index in [4.69, 9.17) is 4.74 Å². The molecular weight excluding hydrogens is 521 g/mol. The molecule has 0 unspecified atom stereocenters. The topological polar surface area (TPSA) is 22.2 Å². The lowest BCUT2D eigenvalue weighted by Gasteiger charge is -2.37. The summed E-state index contributed by atoms with van der Waals surface area (Å²) in [6.07, 6.45) is 8.24. The Morgan fingerprint density at radius 3 is 2.15 bits per heavy atom. The summed E-state index contributed by atoms with van der Waals surface area (Å²) in [7, 11) is 0. The van der Waals surface area contributed by atoms with E-state index in [9.17, 15) is 13.2 Å². The zero-order valence-electron chi connectivity index (χ0n) is 23.5. The summed E-state index contributed by atoms with van der Waals surface area (Å²) in [5.74, 6) is 0. The maximum Gasteiger partial charge on any atom is 0.412 e. The third-order valence-electron chi connectivity index (χ3n) is 7.97. The lowest BCUT2D eigenvalue weighted by Crippen LogP contribution is -2.38. The second-order valence-corrected chi connectivity index (χ2v) is 11.7. The Bertz CT molecular complexity index is 952. The number of hydrogen-bond donors (Lipinski definition) is 0. The molecule has 9 heteroatoms. The molecule has 0 aromatic heterocycles. The van der Waals surface area contributed by atoms with Gasteiger partial charge in [0.05, 0.1) is 24.6 Å². The number of hydrogen-bond acceptors (Lipinski definition) is 6. The van der Waals surface area contributed by atoms with Gasteiger partial charge in [-0.3, -0.25) is 4.90 Å². The highest BCUT2D eigenvalue weighted by molar-refractivity contribution is 8.07. The summed E-state index contributed by atoms with van der Waals surface area (Å²) < 4.78 is 46.6. The van der Waals surface area contributed by atoms with Crippen molar-refractivity contribution < 1.29 is 17.9 Å². The van der Waals surface area contributed by atoms with Gasteiger partial charge in [-0.25, -0.2) is 0 Å². The van der Waals surface area contributed by atoms with E-state index < -0.39 is 11.7 Å². The van der Waals surface area contributed by atoms with Gasteiger partial charge in [-0.2, -0.15) is 13.2 Å². The normalized spacial score (nSPS) is 22.9. The van der Waals surface area contributed by atoms with Gasteiger partial charge in [-0.05, 0) is 77.3 Å². The summed E-state index contributed by atoms with van der Waals surface area (Å²) in [6, 6.07) is 0. The molecule has 4 rings (SSSR count). The predicted molar refractivity (Wildman–Crippen MR) is 155 cm³/mol. The van der Waals surface area contributed by atoms with Crippen LogP contribution in [0.3, 0.4) is 0 Å².